The number of halogens is 1. The number of nitrogens with one attached hydrogen (secondary N) is 2. The van der Waals surface area contributed by atoms with E-state index in [2.05, 4.69) is 31.5 Å². The SMILES string of the molecule is O=C(Nc1ncc(Br)s1)C1CCNc2ccccc21. The van der Waals surface area contributed by atoms with Gasteiger partial charge in [-0.3, -0.25) is 4.79 Å². The number of fused-ring (bicyclic) bond motifs is 1. The molecule has 3 rings (SSSR count). The number of anilines is 2. The molecule has 0 fully saturated rings. The van der Waals surface area contributed by atoms with Crippen LogP contribution in [0.2, 0.25) is 0 Å². The molecule has 1 amide bonds. The monoisotopic (exact) mass is 337 g/mol. The van der Waals surface area contributed by atoms with Crippen LogP contribution in [0.15, 0.2) is 34.2 Å². The molecule has 2 aromatic rings. The maximum Gasteiger partial charge on any atom is 0.233 e. The van der Waals surface area contributed by atoms with E-state index < -0.39 is 0 Å². The number of nitrogens with zero attached hydrogens (tertiary/aromatic N) is 1. The maximum atomic E-state index is 12.4. The maximum absolute atomic E-state index is 12.4. The number of hydrogen-bond acceptors (Lipinski definition) is 4. The Labute approximate surface area is 123 Å². The van der Waals surface area contributed by atoms with Gasteiger partial charge in [-0.1, -0.05) is 29.5 Å². The van der Waals surface area contributed by atoms with Gasteiger partial charge < -0.3 is 10.6 Å². The molecule has 19 heavy (non-hydrogen) atoms. The van der Waals surface area contributed by atoms with Gasteiger partial charge in [-0.25, -0.2) is 4.98 Å². The van der Waals surface area contributed by atoms with E-state index in [4.69, 9.17) is 0 Å². The van der Waals surface area contributed by atoms with Crippen molar-refractivity contribution in [1.29, 1.82) is 0 Å². The van der Waals surface area contributed by atoms with E-state index in [1.807, 2.05) is 24.3 Å². The number of carbonyl (C=O) groups is 1. The van der Waals surface area contributed by atoms with Gasteiger partial charge in [0.25, 0.3) is 0 Å². The summed E-state index contributed by atoms with van der Waals surface area (Å²) in [4.78, 5) is 16.5. The summed E-state index contributed by atoms with van der Waals surface area (Å²) in [7, 11) is 0. The van der Waals surface area contributed by atoms with Gasteiger partial charge in [0.2, 0.25) is 5.91 Å². The zero-order chi connectivity index (χ0) is 13.2. The van der Waals surface area contributed by atoms with Gasteiger partial charge in [0.05, 0.1) is 15.9 Å². The molecule has 1 aliphatic rings. The molecule has 1 unspecified atom stereocenters. The minimum atomic E-state index is -0.111. The van der Waals surface area contributed by atoms with Gasteiger partial charge >= 0.3 is 0 Å². The molecule has 0 bridgehead atoms. The van der Waals surface area contributed by atoms with Crippen LogP contribution in [-0.4, -0.2) is 17.4 Å². The summed E-state index contributed by atoms with van der Waals surface area (Å²) < 4.78 is 0.911. The summed E-state index contributed by atoms with van der Waals surface area (Å²) in [5, 5.41) is 6.83. The van der Waals surface area contributed by atoms with Crippen molar-refractivity contribution in [2.75, 3.05) is 17.2 Å². The molecule has 1 aromatic heterocycles. The number of hydrogen-bond donors (Lipinski definition) is 2. The molecular formula is C13H12BrN3OS. The second kappa shape index (κ2) is 5.30. The molecule has 0 radical (unpaired) electrons. The summed E-state index contributed by atoms with van der Waals surface area (Å²) in [6.45, 7) is 0.816. The highest BCUT2D eigenvalue weighted by atomic mass is 79.9. The van der Waals surface area contributed by atoms with E-state index in [0.717, 1.165) is 28.0 Å². The van der Waals surface area contributed by atoms with Crippen molar-refractivity contribution in [2.24, 2.45) is 0 Å². The summed E-state index contributed by atoms with van der Waals surface area (Å²) in [5.74, 6) is -0.101. The third-order valence-corrected chi connectivity index (χ3v) is 4.50. The smallest absolute Gasteiger partial charge is 0.233 e. The Kier molecular flexibility index (Phi) is 3.52. The zero-order valence-electron chi connectivity index (χ0n) is 10.0. The van der Waals surface area contributed by atoms with Crippen LogP contribution in [0.5, 0.6) is 0 Å². The van der Waals surface area contributed by atoms with Crippen LogP contribution in [-0.2, 0) is 4.79 Å². The van der Waals surface area contributed by atoms with Crippen LogP contribution in [0, 0.1) is 0 Å². The Bertz CT molecular complexity index is 613. The van der Waals surface area contributed by atoms with Crippen molar-refractivity contribution in [3.63, 3.8) is 0 Å². The van der Waals surface area contributed by atoms with Gasteiger partial charge in [-0.15, -0.1) is 0 Å². The fraction of sp³-hybridized carbons (Fsp3) is 0.231. The quantitative estimate of drug-likeness (QED) is 0.882. The molecule has 0 aliphatic carbocycles. The summed E-state index contributed by atoms with van der Waals surface area (Å²) in [5.41, 5.74) is 2.11. The highest BCUT2D eigenvalue weighted by molar-refractivity contribution is 9.11. The van der Waals surface area contributed by atoms with Gasteiger partial charge in [0.1, 0.15) is 0 Å². The van der Waals surface area contributed by atoms with Crippen molar-refractivity contribution in [3.05, 3.63) is 39.8 Å². The first kappa shape index (κ1) is 12.6. The highest BCUT2D eigenvalue weighted by Crippen LogP contribution is 2.32. The van der Waals surface area contributed by atoms with E-state index in [-0.39, 0.29) is 11.8 Å². The lowest BCUT2D eigenvalue weighted by molar-refractivity contribution is -0.117. The molecule has 0 spiro atoms. The molecular weight excluding hydrogens is 326 g/mol. The van der Waals surface area contributed by atoms with E-state index in [0.29, 0.717) is 5.13 Å². The zero-order valence-corrected chi connectivity index (χ0v) is 12.4. The number of thiazole rings is 1. The first-order valence-corrected chi connectivity index (χ1v) is 7.60. The number of aromatic nitrogens is 1. The third kappa shape index (κ3) is 2.64. The Hall–Kier alpha value is -1.40. The number of carbonyl (C=O) groups excluding carboxylic acids is 1. The molecule has 2 N–H and O–H groups in total. The molecule has 1 aromatic carbocycles. The number of para-hydroxylation sites is 1. The lowest BCUT2D eigenvalue weighted by Gasteiger charge is -2.25. The lowest BCUT2D eigenvalue weighted by atomic mass is 9.90. The van der Waals surface area contributed by atoms with Gasteiger partial charge in [0.15, 0.2) is 5.13 Å². The van der Waals surface area contributed by atoms with Crippen LogP contribution in [0.1, 0.15) is 17.9 Å². The summed E-state index contributed by atoms with van der Waals surface area (Å²) >= 11 is 4.76. The van der Waals surface area contributed by atoms with Gasteiger partial charge in [0, 0.05) is 12.2 Å². The molecule has 4 nitrogen and oxygen atoms in total. The average molecular weight is 338 g/mol. The van der Waals surface area contributed by atoms with Crippen LogP contribution in [0.4, 0.5) is 10.8 Å². The van der Waals surface area contributed by atoms with Gasteiger partial charge in [-0.2, -0.15) is 0 Å². The fourth-order valence-corrected chi connectivity index (χ4v) is 3.36. The topological polar surface area (TPSA) is 54.0 Å². The third-order valence-electron chi connectivity index (χ3n) is 3.11. The molecule has 0 saturated carbocycles. The molecule has 1 aliphatic heterocycles. The van der Waals surface area contributed by atoms with E-state index >= 15 is 0 Å². The van der Waals surface area contributed by atoms with Crippen molar-refractivity contribution < 1.29 is 4.79 Å². The lowest BCUT2D eigenvalue weighted by Crippen LogP contribution is -2.27. The predicted octanol–water partition coefficient (Wildman–Crippen LogP) is 3.44. The van der Waals surface area contributed by atoms with Crippen LogP contribution in [0.25, 0.3) is 0 Å². The average Bonchev–Trinajstić information content (AvgIpc) is 2.83. The Morgan fingerprint density at radius 2 is 2.32 bits per heavy atom. The number of rotatable bonds is 2. The second-order valence-corrected chi connectivity index (χ2v) is 6.72. The number of benzene rings is 1. The fourth-order valence-electron chi connectivity index (χ4n) is 2.25. The first-order valence-electron chi connectivity index (χ1n) is 5.99. The summed E-state index contributed by atoms with van der Waals surface area (Å²) in [6.07, 6.45) is 2.49. The molecule has 6 heteroatoms. The van der Waals surface area contributed by atoms with E-state index in [1.54, 1.807) is 6.20 Å². The standard InChI is InChI=1S/C13H12BrN3OS/c14-11-7-16-13(19-11)17-12(18)9-5-6-15-10-4-2-1-3-8(9)10/h1-4,7,9,15H,5-6H2,(H,16,17,18). The van der Waals surface area contributed by atoms with Crippen molar-refractivity contribution in [2.45, 2.75) is 12.3 Å². The summed E-state index contributed by atoms with van der Waals surface area (Å²) in [6, 6.07) is 7.95. The minimum Gasteiger partial charge on any atom is -0.385 e. The normalized spacial score (nSPS) is 17.4. The largest absolute Gasteiger partial charge is 0.385 e. The van der Waals surface area contributed by atoms with Crippen molar-refractivity contribution >= 4 is 44.0 Å². The minimum absolute atomic E-state index is 0.0100. The highest BCUT2D eigenvalue weighted by Gasteiger charge is 2.26. The van der Waals surface area contributed by atoms with E-state index in [1.165, 1.54) is 11.3 Å². The van der Waals surface area contributed by atoms with Crippen molar-refractivity contribution in [1.82, 2.24) is 4.98 Å². The molecule has 2 heterocycles. The van der Waals surface area contributed by atoms with Crippen LogP contribution >= 0.6 is 27.3 Å². The van der Waals surface area contributed by atoms with Crippen molar-refractivity contribution in [3.8, 4) is 0 Å². The van der Waals surface area contributed by atoms with Gasteiger partial charge in [-0.05, 0) is 34.0 Å². The first-order chi connectivity index (χ1) is 9.24. The Balaban J connectivity index is 1.81. The molecule has 0 saturated heterocycles. The Morgan fingerprint density at radius 1 is 1.47 bits per heavy atom. The molecule has 1 atom stereocenters. The molecule has 98 valence electrons. The van der Waals surface area contributed by atoms with Crippen LogP contribution < -0.4 is 10.6 Å². The Morgan fingerprint density at radius 3 is 3.11 bits per heavy atom. The van der Waals surface area contributed by atoms with Crippen LogP contribution in [0.3, 0.4) is 0 Å². The second-order valence-electron chi connectivity index (χ2n) is 4.31. The predicted molar refractivity (Wildman–Crippen MR) is 80.7 cm³/mol. The number of amides is 1. The van der Waals surface area contributed by atoms with E-state index in [9.17, 15) is 4.79 Å².